The third kappa shape index (κ3) is 1.10. The first-order valence-electron chi connectivity index (χ1n) is 2.39. The van der Waals surface area contributed by atoms with Gasteiger partial charge in [-0.15, -0.1) is 0 Å². The van der Waals surface area contributed by atoms with Crippen molar-refractivity contribution in [3.63, 3.8) is 0 Å². The summed E-state index contributed by atoms with van der Waals surface area (Å²) in [6, 6.07) is 2.72. The van der Waals surface area contributed by atoms with Gasteiger partial charge in [-0.1, -0.05) is 0 Å². The minimum Gasteiger partial charge on any atom is -0.376 e. The van der Waals surface area contributed by atoms with Crippen LogP contribution in [0.5, 0.6) is 0 Å². The Morgan fingerprint density at radius 2 is 1.83 bits per heavy atom. The lowest BCUT2D eigenvalue weighted by atomic mass is 10.8. The summed E-state index contributed by atoms with van der Waals surface area (Å²) >= 11 is 0. The highest BCUT2D eigenvalue weighted by molar-refractivity contribution is 6.35. The number of rotatable bonds is 0. The van der Waals surface area contributed by atoms with Crippen LogP contribution in [0.25, 0.3) is 0 Å². The van der Waals surface area contributed by atoms with Gasteiger partial charge in [0.25, 0.3) is 0 Å². The van der Waals surface area contributed by atoms with Crippen molar-refractivity contribution in [3.05, 3.63) is 0 Å². The minimum atomic E-state index is 0.780. The van der Waals surface area contributed by atoms with E-state index in [1.165, 1.54) is 12.1 Å². The number of hydrogen-bond acceptors (Lipinski definition) is 1. The molecule has 0 spiro atoms. The van der Waals surface area contributed by atoms with E-state index in [0.717, 1.165) is 22.7 Å². The summed E-state index contributed by atoms with van der Waals surface area (Å²) in [5, 5.41) is 0. The van der Waals surface area contributed by atoms with Gasteiger partial charge in [-0.05, 0) is 0 Å². The molecule has 1 aliphatic heterocycles. The van der Waals surface area contributed by atoms with Gasteiger partial charge in [-0.2, -0.15) is 0 Å². The smallest absolute Gasteiger partial charge is 0.303 e. The molecule has 1 fully saturated rings. The molecule has 0 aromatic carbocycles. The van der Waals surface area contributed by atoms with Gasteiger partial charge in [0.15, 0.2) is 0 Å². The van der Waals surface area contributed by atoms with E-state index in [0.29, 0.717) is 0 Å². The van der Waals surface area contributed by atoms with Crippen LogP contribution in [0.15, 0.2) is 0 Å². The first-order chi connectivity index (χ1) is 3.00. The first-order valence-corrected chi connectivity index (χ1v) is 4.03. The quantitative estimate of drug-likeness (QED) is 0.398. The van der Waals surface area contributed by atoms with E-state index in [9.17, 15) is 0 Å². The fraction of sp³-hybridized carbons (Fsp3) is 1.00. The molecule has 6 heavy (non-hydrogen) atoms. The van der Waals surface area contributed by atoms with E-state index in [1.807, 2.05) is 0 Å². The lowest BCUT2D eigenvalue weighted by Crippen LogP contribution is -2.08. The third-order valence-corrected chi connectivity index (χ3v) is 2.22. The Labute approximate surface area is 40.5 Å². The molecule has 1 heterocycles. The number of ether oxygens (including phenoxy) is 1. The normalized spacial score (nSPS) is 22.7. The van der Waals surface area contributed by atoms with Gasteiger partial charge in [-0.25, -0.2) is 0 Å². The zero-order valence-corrected chi connectivity index (χ0v) is 4.97. The summed E-state index contributed by atoms with van der Waals surface area (Å²) in [5.41, 5.74) is 0. The van der Waals surface area contributed by atoms with Crippen molar-refractivity contribution in [2.45, 2.75) is 12.1 Å². The Morgan fingerprint density at radius 1 is 1.17 bits per heavy atom. The van der Waals surface area contributed by atoms with Crippen molar-refractivity contribution in [2.75, 3.05) is 13.2 Å². The summed E-state index contributed by atoms with van der Waals surface area (Å²) in [7, 11) is 0.780. The molecule has 1 rings (SSSR count). The summed E-state index contributed by atoms with van der Waals surface area (Å²) in [4.78, 5) is 0. The van der Waals surface area contributed by atoms with Gasteiger partial charge in [0.1, 0.15) is 0 Å². The maximum absolute atomic E-state index is 5.09. The van der Waals surface area contributed by atoms with Crippen LogP contribution in [-0.4, -0.2) is 22.7 Å². The van der Waals surface area contributed by atoms with Crippen LogP contribution in [0.2, 0.25) is 12.1 Å². The van der Waals surface area contributed by atoms with Gasteiger partial charge in [-0.3, -0.25) is 0 Å². The van der Waals surface area contributed by atoms with Crippen molar-refractivity contribution in [1.29, 1.82) is 0 Å². The average Bonchev–Trinajstić information content (AvgIpc) is 1.72. The molecule has 0 aromatic heterocycles. The van der Waals surface area contributed by atoms with Crippen LogP contribution in [0.1, 0.15) is 0 Å². The van der Waals surface area contributed by atoms with E-state index in [2.05, 4.69) is 0 Å². The average molecular weight is 101 g/mol. The molecule has 0 N–H and O–H groups in total. The van der Waals surface area contributed by atoms with Crippen LogP contribution < -0.4 is 0 Å². The molecular weight excluding hydrogens is 92.1 g/mol. The van der Waals surface area contributed by atoms with Gasteiger partial charge < -0.3 is 4.74 Å². The predicted octanol–water partition coefficient (Wildman–Crippen LogP) is 0.290. The SMILES string of the molecule is C1C[SiH+]CCO1. The van der Waals surface area contributed by atoms with E-state index in [4.69, 9.17) is 4.74 Å². The van der Waals surface area contributed by atoms with Crippen LogP contribution in [0.3, 0.4) is 0 Å². The zero-order valence-electron chi connectivity index (χ0n) is 3.81. The topological polar surface area (TPSA) is 9.23 Å². The molecule has 34 valence electrons. The lowest BCUT2D eigenvalue weighted by molar-refractivity contribution is 0.152. The fourth-order valence-electron chi connectivity index (χ4n) is 0.580. The molecule has 0 saturated carbocycles. The van der Waals surface area contributed by atoms with Crippen molar-refractivity contribution in [3.8, 4) is 0 Å². The molecular formula is C4H9OSi+. The van der Waals surface area contributed by atoms with E-state index < -0.39 is 0 Å². The van der Waals surface area contributed by atoms with Gasteiger partial charge >= 0.3 is 9.52 Å². The molecule has 0 aromatic rings. The summed E-state index contributed by atoms with van der Waals surface area (Å²) < 4.78 is 5.09. The number of hydrogen-bond donors (Lipinski definition) is 0. The molecule has 1 nitrogen and oxygen atoms in total. The Kier molecular flexibility index (Phi) is 1.71. The van der Waals surface area contributed by atoms with Gasteiger partial charge in [0.05, 0.1) is 25.3 Å². The Hall–Kier alpha value is 0.177. The van der Waals surface area contributed by atoms with Crippen molar-refractivity contribution in [2.24, 2.45) is 0 Å². The Balaban J connectivity index is 2.00. The predicted molar refractivity (Wildman–Crippen MR) is 27.6 cm³/mol. The maximum atomic E-state index is 5.09. The Morgan fingerprint density at radius 3 is 2.00 bits per heavy atom. The molecule has 0 amide bonds. The van der Waals surface area contributed by atoms with Gasteiger partial charge in [0, 0.05) is 0 Å². The molecule has 0 bridgehead atoms. The molecule has 0 atom stereocenters. The third-order valence-electron chi connectivity index (χ3n) is 0.933. The second kappa shape index (κ2) is 2.37. The minimum absolute atomic E-state index is 0.780. The fourth-order valence-corrected chi connectivity index (χ4v) is 1.54. The first kappa shape index (κ1) is 4.34. The summed E-state index contributed by atoms with van der Waals surface area (Å²) in [6.07, 6.45) is 0. The highest BCUT2D eigenvalue weighted by Gasteiger charge is 2.07. The van der Waals surface area contributed by atoms with Crippen molar-refractivity contribution in [1.82, 2.24) is 0 Å². The molecule has 0 aliphatic carbocycles. The van der Waals surface area contributed by atoms with E-state index in [-0.39, 0.29) is 0 Å². The molecule has 0 unspecified atom stereocenters. The summed E-state index contributed by atoms with van der Waals surface area (Å²) in [5.74, 6) is 0. The molecule has 2 heteroatoms. The second-order valence-electron chi connectivity index (χ2n) is 1.48. The summed E-state index contributed by atoms with van der Waals surface area (Å²) in [6.45, 7) is 2.07. The van der Waals surface area contributed by atoms with Crippen LogP contribution in [0.4, 0.5) is 0 Å². The highest BCUT2D eigenvalue weighted by atomic mass is 28.2. The standard InChI is InChI=1S/C4H9OSi/c1-3-6-4-2-5-1/h6H,1-4H2/q+1. The van der Waals surface area contributed by atoms with E-state index >= 15 is 0 Å². The molecule has 1 saturated heterocycles. The Bertz CT molecular complexity index is 23.0. The van der Waals surface area contributed by atoms with Gasteiger partial charge in [0.2, 0.25) is 0 Å². The van der Waals surface area contributed by atoms with Crippen molar-refractivity contribution >= 4 is 9.52 Å². The highest BCUT2D eigenvalue weighted by Crippen LogP contribution is 1.95. The monoisotopic (exact) mass is 101 g/mol. The lowest BCUT2D eigenvalue weighted by Gasteiger charge is -1.99. The maximum Gasteiger partial charge on any atom is 0.303 e. The van der Waals surface area contributed by atoms with Crippen LogP contribution in [-0.2, 0) is 4.74 Å². The van der Waals surface area contributed by atoms with E-state index in [1.54, 1.807) is 0 Å². The van der Waals surface area contributed by atoms with Crippen molar-refractivity contribution < 1.29 is 4.74 Å². The van der Waals surface area contributed by atoms with Crippen LogP contribution >= 0.6 is 0 Å². The zero-order chi connectivity index (χ0) is 4.24. The molecule has 0 radical (unpaired) electrons. The largest absolute Gasteiger partial charge is 0.376 e. The molecule has 1 aliphatic rings. The van der Waals surface area contributed by atoms with Crippen LogP contribution in [0, 0.1) is 0 Å². The second-order valence-corrected chi connectivity index (χ2v) is 3.21.